The first-order valence-electron chi connectivity index (χ1n) is 10.5. The number of carbonyl (C=O) groups is 1. The standard InChI is InChI=1S/C23H31N5O.HI/c1-2-24-22(25-14-13-19-9-4-3-5-10-19)26-18-20-11-8-12-21(17-20)27-23(29)28-15-6-7-16-28;/h3-5,8-12,17H,2,6-7,13-16,18H2,1H3,(H,27,29)(H2,24,25,26);1H. The van der Waals surface area contributed by atoms with Crippen molar-refractivity contribution in [2.45, 2.75) is 32.7 Å². The summed E-state index contributed by atoms with van der Waals surface area (Å²) in [5.74, 6) is 0.801. The van der Waals surface area contributed by atoms with Gasteiger partial charge in [0.15, 0.2) is 5.96 Å². The van der Waals surface area contributed by atoms with Crippen molar-refractivity contribution in [1.29, 1.82) is 0 Å². The zero-order valence-electron chi connectivity index (χ0n) is 17.6. The molecule has 162 valence electrons. The zero-order valence-corrected chi connectivity index (χ0v) is 19.9. The number of hydrogen-bond donors (Lipinski definition) is 3. The highest BCUT2D eigenvalue weighted by Gasteiger charge is 2.17. The van der Waals surface area contributed by atoms with Crippen LogP contribution in [0.5, 0.6) is 0 Å². The zero-order chi connectivity index (χ0) is 20.3. The minimum atomic E-state index is -0.0148. The van der Waals surface area contributed by atoms with Crippen LogP contribution >= 0.6 is 24.0 Å². The van der Waals surface area contributed by atoms with E-state index >= 15 is 0 Å². The van der Waals surface area contributed by atoms with Gasteiger partial charge in [0, 0.05) is 31.9 Å². The first-order valence-corrected chi connectivity index (χ1v) is 10.5. The number of likely N-dealkylation sites (tertiary alicyclic amines) is 1. The van der Waals surface area contributed by atoms with Crippen molar-refractivity contribution in [3.05, 3.63) is 65.7 Å². The van der Waals surface area contributed by atoms with E-state index in [9.17, 15) is 4.79 Å². The van der Waals surface area contributed by atoms with Gasteiger partial charge in [-0.1, -0.05) is 42.5 Å². The summed E-state index contributed by atoms with van der Waals surface area (Å²) in [6.45, 7) is 5.93. The van der Waals surface area contributed by atoms with Crippen molar-refractivity contribution >= 4 is 41.7 Å². The number of halogens is 1. The van der Waals surface area contributed by atoms with Crippen LogP contribution in [0.1, 0.15) is 30.9 Å². The number of aliphatic imine (C=N–C) groups is 1. The summed E-state index contributed by atoms with van der Waals surface area (Å²) in [4.78, 5) is 18.8. The van der Waals surface area contributed by atoms with E-state index in [-0.39, 0.29) is 30.0 Å². The quantitative estimate of drug-likeness (QED) is 0.290. The van der Waals surface area contributed by atoms with Crippen molar-refractivity contribution in [1.82, 2.24) is 15.5 Å². The second kappa shape index (κ2) is 13.1. The number of anilines is 1. The normalized spacial score (nSPS) is 13.5. The molecule has 1 aliphatic heterocycles. The third kappa shape index (κ3) is 7.85. The lowest BCUT2D eigenvalue weighted by atomic mass is 10.1. The van der Waals surface area contributed by atoms with E-state index in [1.165, 1.54) is 5.56 Å². The Morgan fingerprint density at radius 1 is 1.00 bits per heavy atom. The Labute approximate surface area is 196 Å². The number of hydrogen-bond acceptors (Lipinski definition) is 2. The van der Waals surface area contributed by atoms with Crippen LogP contribution in [0.25, 0.3) is 0 Å². The Morgan fingerprint density at radius 2 is 1.73 bits per heavy atom. The van der Waals surface area contributed by atoms with Gasteiger partial charge in [0.2, 0.25) is 0 Å². The molecule has 3 rings (SSSR count). The van der Waals surface area contributed by atoms with Crippen LogP contribution < -0.4 is 16.0 Å². The minimum Gasteiger partial charge on any atom is -0.357 e. The van der Waals surface area contributed by atoms with Crippen LogP contribution in [0, 0.1) is 0 Å². The molecule has 1 fully saturated rings. The maximum Gasteiger partial charge on any atom is 0.321 e. The first-order chi connectivity index (χ1) is 14.2. The van der Waals surface area contributed by atoms with Crippen LogP contribution in [0.15, 0.2) is 59.6 Å². The van der Waals surface area contributed by atoms with Crippen molar-refractivity contribution in [2.24, 2.45) is 4.99 Å². The lowest BCUT2D eigenvalue weighted by Crippen LogP contribution is -2.38. The summed E-state index contributed by atoms with van der Waals surface area (Å²) in [7, 11) is 0. The van der Waals surface area contributed by atoms with E-state index in [0.717, 1.165) is 62.7 Å². The van der Waals surface area contributed by atoms with Crippen LogP contribution in [-0.4, -0.2) is 43.1 Å². The average Bonchev–Trinajstić information content (AvgIpc) is 3.28. The van der Waals surface area contributed by atoms with Crippen molar-refractivity contribution < 1.29 is 4.79 Å². The second-order valence-electron chi connectivity index (χ2n) is 7.18. The van der Waals surface area contributed by atoms with Gasteiger partial charge in [0.05, 0.1) is 6.54 Å². The summed E-state index contributed by atoms with van der Waals surface area (Å²) in [5, 5.41) is 9.67. The summed E-state index contributed by atoms with van der Waals surface area (Å²) < 4.78 is 0. The fourth-order valence-electron chi connectivity index (χ4n) is 3.35. The van der Waals surface area contributed by atoms with Gasteiger partial charge < -0.3 is 20.9 Å². The minimum absolute atomic E-state index is 0. The molecule has 2 aromatic carbocycles. The maximum atomic E-state index is 12.3. The molecule has 0 saturated carbocycles. The van der Waals surface area contributed by atoms with Crippen LogP contribution in [-0.2, 0) is 13.0 Å². The molecule has 0 aromatic heterocycles. The highest BCUT2D eigenvalue weighted by Crippen LogP contribution is 2.14. The van der Waals surface area contributed by atoms with E-state index in [2.05, 4.69) is 52.1 Å². The largest absolute Gasteiger partial charge is 0.357 e. The summed E-state index contributed by atoms with van der Waals surface area (Å²) in [6, 6.07) is 18.3. The fourth-order valence-corrected chi connectivity index (χ4v) is 3.35. The molecule has 7 heteroatoms. The van der Waals surface area contributed by atoms with Crippen LogP contribution in [0.2, 0.25) is 0 Å². The molecular formula is C23H32IN5O. The van der Waals surface area contributed by atoms with E-state index in [4.69, 9.17) is 0 Å². The molecule has 0 atom stereocenters. The molecule has 1 aliphatic rings. The number of amides is 2. The van der Waals surface area contributed by atoms with E-state index in [0.29, 0.717) is 6.54 Å². The molecule has 3 N–H and O–H groups in total. The highest BCUT2D eigenvalue weighted by atomic mass is 127. The van der Waals surface area contributed by atoms with Gasteiger partial charge >= 0.3 is 6.03 Å². The smallest absolute Gasteiger partial charge is 0.321 e. The Hall–Kier alpha value is -2.29. The van der Waals surface area contributed by atoms with Crippen LogP contribution in [0.4, 0.5) is 10.5 Å². The predicted octanol–water partition coefficient (Wildman–Crippen LogP) is 4.23. The summed E-state index contributed by atoms with van der Waals surface area (Å²) >= 11 is 0. The Kier molecular flexibility index (Phi) is 10.5. The van der Waals surface area contributed by atoms with Crippen molar-refractivity contribution in [3.8, 4) is 0 Å². The van der Waals surface area contributed by atoms with E-state index < -0.39 is 0 Å². The third-order valence-electron chi connectivity index (χ3n) is 4.88. The summed E-state index contributed by atoms with van der Waals surface area (Å²) in [5.41, 5.74) is 3.18. The highest BCUT2D eigenvalue weighted by molar-refractivity contribution is 14.0. The summed E-state index contributed by atoms with van der Waals surface area (Å²) in [6.07, 6.45) is 3.13. The monoisotopic (exact) mass is 521 g/mol. The van der Waals surface area contributed by atoms with Gasteiger partial charge in [0.1, 0.15) is 0 Å². The molecule has 0 aliphatic carbocycles. The van der Waals surface area contributed by atoms with Gasteiger partial charge in [-0.25, -0.2) is 9.79 Å². The Balaban J connectivity index is 0.00000320. The SMILES string of the molecule is CCNC(=NCc1cccc(NC(=O)N2CCCC2)c1)NCCc1ccccc1.I. The molecular weight excluding hydrogens is 489 g/mol. The molecule has 30 heavy (non-hydrogen) atoms. The Bertz CT molecular complexity index is 806. The topological polar surface area (TPSA) is 68.8 Å². The number of benzene rings is 2. The fraction of sp³-hybridized carbons (Fsp3) is 0.391. The molecule has 2 aromatic rings. The number of urea groups is 1. The first kappa shape index (κ1) is 24.0. The number of carbonyl (C=O) groups excluding carboxylic acids is 1. The molecule has 6 nitrogen and oxygen atoms in total. The lowest BCUT2D eigenvalue weighted by Gasteiger charge is -2.16. The molecule has 2 amide bonds. The molecule has 0 spiro atoms. The van der Waals surface area contributed by atoms with Gasteiger partial charge in [-0.15, -0.1) is 24.0 Å². The Morgan fingerprint density at radius 3 is 2.47 bits per heavy atom. The molecule has 1 heterocycles. The van der Waals surface area contributed by atoms with Gasteiger partial charge in [-0.3, -0.25) is 0 Å². The van der Waals surface area contributed by atoms with Gasteiger partial charge in [-0.05, 0) is 49.4 Å². The molecule has 0 bridgehead atoms. The van der Waals surface area contributed by atoms with E-state index in [1.54, 1.807) is 0 Å². The number of nitrogens with zero attached hydrogens (tertiary/aromatic N) is 2. The second-order valence-corrected chi connectivity index (χ2v) is 7.18. The maximum absolute atomic E-state index is 12.3. The predicted molar refractivity (Wildman–Crippen MR) is 135 cm³/mol. The van der Waals surface area contributed by atoms with Crippen molar-refractivity contribution in [3.63, 3.8) is 0 Å². The number of guanidine groups is 1. The van der Waals surface area contributed by atoms with Crippen molar-refractivity contribution in [2.75, 3.05) is 31.5 Å². The lowest BCUT2D eigenvalue weighted by molar-refractivity contribution is 0.222. The number of nitrogens with one attached hydrogen (secondary N) is 3. The van der Waals surface area contributed by atoms with Crippen LogP contribution in [0.3, 0.4) is 0 Å². The third-order valence-corrected chi connectivity index (χ3v) is 4.88. The average molecular weight is 521 g/mol. The number of rotatable bonds is 7. The molecule has 0 radical (unpaired) electrons. The molecule has 0 unspecified atom stereocenters. The van der Waals surface area contributed by atoms with E-state index in [1.807, 2.05) is 35.2 Å². The molecule has 1 saturated heterocycles. The van der Waals surface area contributed by atoms with Gasteiger partial charge in [-0.2, -0.15) is 0 Å². The van der Waals surface area contributed by atoms with Gasteiger partial charge in [0.25, 0.3) is 0 Å².